The second kappa shape index (κ2) is 3.97. The van der Waals surface area contributed by atoms with E-state index in [1.165, 1.54) is 38.6 Å². The van der Waals surface area contributed by atoms with E-state index in [1.54, 1.807) is 7.11 Å². The van der Waals surface area contributed by atoms with Crippen LogP contribution in [0.5, 0.6) is 0 Å². The van der Waals surface area contributed by atoms with E-state index in [0.717, 1.165) is 24.5 Å². The monoisotopic (exact) mass is 183 g/mol. The molecular formula is C11H21NO. The summed E-state index contributed by atoms with van der Waals surface area (Å²) >= 11 is 0. The Labute approximate surface area is 81.0 Å². The first-order valence-corrected chi connectivity index (χ1v) is 5.57. The van der Waals surface area contributed by atoms with Crippen molar-refractivity contribution in [3.05, 3.63) is 0 Å². The van der Waals surface area contributed by atoms with Crippen molar-refractivity contribution < 1.29 is 4.74 Å². The van der Waals surface area contributed by atoms with Crippen LogP contribution in [-0.2, 0) is 4.74 Å². The Morgan fingerprint density at radius 1 is 1.38 bits per heavy atom. The van der Waals surface area contributed by atoms with Crippen LogP contribution in [0.25, 0.3) is 0 Å². The maximum Gasteiger partial charge on any atom is 0.0587 e. The minimum atomic E-state index is 0.806. The van der Waals surface area contributed by atoms with Gasteiger partial charge >= 0.3 is 0 Å². The van der Waals surface area contributed by atoms with Gasteiger partial charge in [-0.2, -0.15) is 0 Å². The molecule has 0 saturated heterocycles. The van der Waals surface area contributed by atoms with Gasteiger partial charge in [-0.1, -0.05) is 12.8 Å². The van der Waals surface area contributed by atoms with Crippen LogP contribution in [0, 0.1) is 11.3 Å². The molecule has 2 rings (SSSR count). The van der Waals surface area contributed by atoms with E-state index < -0.39 is 0 Å². The van der Waals surface area contributed by atoms with Gasteiger partial charge in [0.25, 0.3) is 0 Å². The fourth-order valence-electron chi connectivity index (χ4n) is 2.86. The number of methoxy groups -OCH3 is 1. The molecule has 1 N–H and O–H groups in total. The van der Waals surface area contributed by atoms with Crippen LogP contribution >= 0.6 is 0 Å². The largest absolute Gasteiger partial charge is 0.383 e. The molecule has 0 amide bonds. The molecule has 0 aromatic heterocycles. The summed E-state index contributed by atoms with van der Waals surface area (Å²) in [6.45, 7) is 3.09. The first-order valence-electron chi connectivity index (χ1n) is 5.57. The molecule has 2 saturated carbocycles. The molecule has 0 heterocycles. The highest BCUT2D eigenvalue weighted by Gasteiger charge is 2.54. The summed E-state index contributed by atoms with van der Waals surface area (Å²) in [5.74, 6) is 0.992. The third kappa shape index (κ3) is 2.05. The SMILES string of the molecule is COCCNCC1CC12CCCC2. The minimum absolute atomic E-state index is 0.806. The Morgan fingerprint density at radius 2 is 2.15 bits per heavy atom. The van der Waals surface area contributed by atoms with Gasteiger partial charge in [0.2, 0.25) is 0 Å². The van der Waals surface area contributed by atoms with Crippen molar-refractivity contribution in [2.45, 2.75) is 32.1 Å². The average molecular weight is 183 g/mol. The van der Waals surface area contributed by atoms with Crippen molar-refractivity contribution in [1.82, 2.24) is 5.32 Å². The van der Waals surface area contributed by atoms with Gasteiger partial charge < -0.3 is 10.1 Å². The summed E-state index contributed by atoms with van der Waals surface area (Å²) in [5.41, 5.74) is 0.806. The van der Waals surface area contributed by atoms with Crippen molar-refractivity contribution in [3.63, 3.8) is 0 Å². The van der Waals surface area contributed by atoms with Gasteiger partial charge in [-0.15, -0.1) is 0 Å². The standard InChI is InChI=1S/C11H21NO/c1-13-7-6-12-9-10-8-11(10)4-2-3-5-11/h10,12H,2-9H2,1H3. The maximum absolute atomic E-state index is 5.00. The van der Waals surface area contributed by atoms with Gasteiger partial charge in [0, 0.05) is 13.7 Å². The molecule has 1 spiro atoms. The summed E-state index contributed by atoms with van der Waals surface area (Å²) < 4.78 is 5.00. The Hall–Kier alpha value is -0.0800. The van der Waals surface area contributed by atoms with E-state index >= 15 is 0 Å². The van der Waals surface area contributed by atoms with E-state index in [0.29, 0.717) is 0 Å². The Balaban J connectivity index is 1.58. The molecule has 0 radical (unpaired) electrons. The van der Waals surface area contributed by atoms with E-state index in [1.807, 2.05) is 0 Å². The van der Waals surface area contributed by atoms with Gasteiger partial charge in [0.15, 0.2) is 0 Å². The van der Waals surface area contributed by atoms with Crippen LogP contribution in [0.15, 0.2) is 0 Å². The molecule has 76 valence electrons. The lowest BCUT2D eigenvalue weighted by atomic mass is 10.0. The van der Waals surface area contributed by atoms with Crippen molar-refractivity contribution in [1.29, 1.82) is 0 Å². The first kappa shape index (κ1) is 9.47. The Bertz CT molecular complexity index is 163. The molecule has 0 aliphatic heterocycles. The van der Waals surface area contributed by atoms with E-state index in [9.17, 15) is 0 Å². The highest BCUT2D eigenvalue weighted by molar-refractivity contribution is 5.05. The molecule has 0 bridgehead atoms. The lowest BCUT2D eigenvalue weighted by Crippen LogP contribution is -2.23. The van der Waals surface area contributed by atoms with Crippen LogP contribution in [0.2, 0.25) is 0 Å². The molecule has 2 aliphatic rings. The quantitative estimate of drug-likeness (QED) is 0.656. The van der Waals surface area contributed by atoms with Gasteiger partial charge in [0.1, 0.15) is 0 Å². The third-order valence-corrected chi connectivity index (χ3v) is 3.83. The Kier molecular flexibility index (Phi) is 2.89. The number of hydrogen-bond acceptors (Lipinski definition) is 2. The minimum Gasteiger partial charge on any atom is -0.383 e. The van der Waals surface area contributed by atoms with Crippen LogP contribution < -0.4 is 5.32 Å². The molecule has 2 heteroatoms. The topological polar surface area (TPSA) is 21.3 Å². The number of nitrogens with one attached hydrogen (secondary N) is 1. The van der Waals surface area contributed by atoms with Crippen molar-refractivity contribution >= 4 is 0 Å². The molecule has 1 atom stereocenters. The molecule has 13 heavy (non-hydrogen) atoms. The highest BCUT2D eigenvalue weighted by Crippen LogP contribution is 2.62. The second-order valence-electron chi connectivity index (χ2n) is 4.67. The molecule has 1 unspecified atom stereocenters. The van der Waals surface area contributed by atoms with Crippen LogP contribution in [0.1, 0.15) is 32.1 Å². The zero-order valence-corrected chi connectivity index (χ0v) is 8.64. The summed E-state index contributed by atoms with van der Waals surface area (Å²) in [7, 11) is 1.76. The molecule has 2 aliphatic carbocycles. The van der Waals surface area contributed by atoms with Crippen LogP contribution in [0.4, 0.5) is 0 Å². The van der Waals surface area contributed by atoms with Crippen LogP contribution in [-0.4, -0.2) is 26.8 Å². The van der Waals surface area contributed by atoms with Crippen molar-refractivity contribution in [2.24, 2.45) is 11.3 Å². The van der Waals surface area contributed by atoms with Crippen molar-refractivity contribution in [2.75, 3.05) is 26.8 Å². The zero-order chi connectivity index (χ0) is 9.15. The van der Waals surface area contributed by atoms with Crippen molar-refractivity contribution in [3.8, 4) is 0 Å². The number of rotatable bonds is 5. The van der Waals surface area contributed by atoms with E-state index in [2.05, 4.69) is 5.32 Å². The number of ether oxygens (including phenoxy) is 1. The number of hydrogen-bond donors (Lipinski definition) is 1. The summed E-state index contributed by atoms with van der Waals surface area (Å²) in [5, 5.41) is 3.47. The van der Waals surface area contributed by atoms with E-state index in [-0.39, 0.29) is 0 Å². The third-order valence-electron chi connectivity index (χ3n) is 3.83. The lowest BCUT2D eigenvalue weighted by molar-refractivity contribution is 0.198. The maximum atomic E-state index is 5.00. The summed E-state index contributed by atoms with van der Waals surface area (Å²) in [6.07, 6.45) is 7.46. The van der Waals surface area contributed by atoms with Gasteiger partial charge in [-0.3, -0.25) is 0 Å². The predicted octanol–water partition coefficient (Wildman–Crippen LogP) is 1.80. The molecule has 2 nitrogen and oxygen atoms in total. The van der Waals surface area contributed by atoms with Gasteiger partial charge in [0.05, 0.1) is 6.61 Å². The lowest BCUT2D eigenvalue weighted by Gasteiger charge is -2.08. The van der Waals surface area contributed by atoms with Gasteiger partial charge in [-0.25, -0.2) is 0 Å². The zero-order valence-electron chi connectivity index (χ0n) is 8.64. The van der Waals surface area contributed by atoms with Crippen LogP contribution in [0.3, 0.4) is 0 Å². The normalized spacial score (nSPS) is 29.8. The summed E-state index contributed by atoms with van der Waals surface area (Å²) in [6, 6.07) is 0. The average Bonchev–Trinajstić information content (AvgIpc) is 2.58. The summed E-state index contributed by atoms with van der Waals surface area (Å²) in [4.78, 5) is 0. The van der Waals surface area contributed by atoms with E-state index in [4.69, 9.17) is 4.74 Å². The molecule has 0 aromatic rings. The Morgan fingerprint density at radius 3 is 2.85 bits per heavy atom. The van der Waals surface area contributed by atoms with Gasteiger partial charge in [-0.05, 0) is 37.1 Å². The smallest absolute Gasteiger partial charge is 0.0587 e. The highest BCUT2D eigenvalue weighted by atomic mass is 16.5. The molecular weight excluding hydrogens is 162 g/mol. The fraction of sp³-hybridized carbons (Fsp3) is 1.00. The second-order valence-corrected chi connectivity index (χ2v) is 4.67. The predicted molar refractivity (Wildman–Crippen MR) is 53.8 cm³/mol. The molecule has 0 aromatic carbocycles. The fourth-order valence-corrected chi connectivity index (χ4v) is 2.86. The molecule has 2 fully saturated rings. The first-order chi connectivity index (χ1) is 6.37.